The summed E-state index contributed by atoms with van der Waals surface area (Å²) in [6, 6.07) is 3.60. The van der Waals surface area contributed by atoms with Crippen LogP contribution in [0.5, 0.6) is 0 Å². The lowest BCUT2D eigenvalue weighted by atomic mass is 9.77. The molecule has 1 aliphatic carbocycles. The number of hydrogen-bond acceptors (Lipinski definition) is 3. The first-order chi connectivity index (χ1) is 9.06. The van der Waals surface area contributed by atoms with Crippen LogP contribution in [0.25, 0.3) is 0 Å². The molecule has 19 heavy (non-hydrogen) atoms. The van der Waals surface area contributed by atoms with E-state index in [2.05, 4.69) is 17.2 Å². The minimum Gasteiger partial charge on any atom is -0.345 e. The molecule has 0 unspecified atom stereocenters. The van der Waals surface area contributed by atoms with Gasteiger partial charge in [-0.3, -0.25) is 9.78 Å². The molecule has 1 fully saturated rings. The molecular formula is C15H23N3O. The van der Waals surface area contributed by atoms with E-state index in [0.29, 0.717) is 12.1 Å². The largest absolute Gasteiger partial charge is 0.345 e. The van der Waals surface area contributed by atoms with Gasteiger partial charge in [0.1, 0.15) is 0 Å². The minimum atomic E-state index is -0.230. The summed E-state index contributed by atoms with van der Waals surface area (Å²) in [4.78, 5) is 16.5. The van der Waals surface area contributed by atoms with Crippen molar-refractivity contribution in [3.8, 4) is 0 Å². The number of carbonyl (C=O) groups excluding carboxylic acids is 1. The summed E-state index contributed by atoms with van der Waals surface area (Å²) in [5.41, 5.74) is 7.10. The summed E-state index contributed by atoms with van der Waals surface area (Å²) in [6.45, 7) is 4.62. The Bertz CT molecular complexity index is 450. The highest BCUT2D eigenvalue weighted by molar-refractivity contribution is 5.95. The van der Waals surface area contributed by atoms with Crippen molar-refractivity contribution in [3.05, 3.63) is 29.6 Å². The topological polar surface area (TPSA) is 68.0 Å². The normalized spacial score (nSPS) is 27.0. The number of carbonyl (C=O) groups is 1. The van der Waals surface area contributed by atoms with Crippen LogP contribution in [0.4, 0.5) is 0 Å². The first kappa shape index (κ1) is 14.0. The molecule has 104 valence electrons. The predicted molar refractivity (Wildman–Crippen MR) is 75.9 cm³/mol. The highest BCUT2D eigenvalue weighted by Gasteiger charge is 2.34. The molecule has 0 atom stereocenters. The molecule has 2 rings (SSSR count). The van der Waals surface area contributed by atoms with Gasteiger partial charge in [-0.15, -0.1) is 0 Å². The number of rotatable bonds is 3. The number of pyridine rings is 1. The van der Waals surface area contributed by atoms with Crippen molar-refractivity contribution in [2.45, 2.75) is 45.1 Å². The molecule has 0 spiro atoms. The summed E-state index contributed by atoms with van der Waals surface area (Å²) >= 11 is 0. The van der Waals surface area contributed by atoms with Gasteiger partial charge in [-0.05, 0) is 50.7 Å². The first-order valence-electron chi connectivity index (χ1n) is 7.00. The third-order valence-electron chi connectivity index (χ3n) is 4.25. The second-order valence-corrected chi connectivity index (χ2v) is 5.76. The lowest BCUT2D eigenvalue weighted by Gasteiger charge is -2.39. The maximum Gasteiger partial charge on any atom is 0.253 e. The van der Waals surface area contributed by atoms with Crippen LogP contribution in [-0.2, 0) is 0 Å². The number of amides is 1. The van der Waals surface area contributed by atoms with Gasteiger partial charge in [0, 0.05) is 18.4 Å². The molecule has 1 aromatic rings. The molecule has 1 heterocycles. The Morgan fingerprint density at radius 1 is 1.53 bits per heavy atom. The Kier molecular flexibility index (Phi) is 4.20. The number of nitrogens with two attached hydrogens (primary N) is 1. The maximum atomic E-state index is 12.4. The van der Waals surface area contributed by atoms with E-state index in [0.717, 1.165) is 37.3 Å². The molecule has 3 N–H and O–H groups in total. The Morgan fingerprint density at radius 2 is 2.21 bits per heavy atom. The van der Waals surface area contributed by atoms with Crippen LogP contribution in [0, 0.1) is 12.8 Å². The van der Waals surface area contributed by atoms with Gasteiger partial charge in [0.15, 0.2) is 0 Å². The van der Waals surface area contributed by atoms with Crippen molar-refractivity contribution in [1.82, 2.24) is 10.3 Å². The lowest BCUT2D eigenvalue weighted by Crippen LogP contribution is -2.55. The van der Waals surface area contributed by atoms with E-state index in [1.54, 1.807) is 12.3 Å². The summed E-state index contributed by atoms with van der Waals surface area (Å²) in [5, 5.41) is 3.16. The van der Waals surface area contributed by atoms with Gasteiger partial charge >= 0.3 is 0 Å². The van der Waals surface area contributed by atoms with Gasteiger partial charge in [-0.1, -0.05) is 6.92 Å². The zero-order chi connectivity index (χ0) is 13.9. The second kappa shape index (κ2) is 5.70. The van der Waals surface area contributed by atoms with Crippen molar-refractivity contribution in [3.63, 3.8) is 0 Å². The van der Waals surface area contributed by atoms with Crippen molar-refractivity contribution in [2.75, 3.05) is 6.54 Å². The number of aryl methyl sites for hydroxylation is 1. The third-order valence-corrected chi connectivity index (χ3v) is 4.25. The predicted octanol–water partition coefficient (Wildman–Crippen LogP) is 2.03. The maximum absolute atomic E-state index is 12.4. The highest BCUT2D eigenvalue weighted by atomic mass is 16.1. The molecule has 4 nitrogen and oxygen atoms in total. The number of hydrogen-bond donors (Lipinski definition) is 2. The van der Waals surface area contributed by atoms with Crippen LogP contribution in [0.2, 0.25) is 0 Å². The van der Waals surface area contributed by atoms with Crippen LogP contribution in [0.1, 0.15) is 48.7 Å². The van der Waals surface area contributed by atoms with E-state index in [1.807, 2.05) is 13.0 Å². The summed E-state index contributed by atoms with van der Waals surface area (Å²) < 4.78 is 0. The highest BCUT2D eigenvalue weighted by Crippen LogP contribution is 2.31. The van der Waals surface area contributed by atoms with E-state index in [4.69, 9.17) is 5.73 Å². The van der Waals surface area contributed by atoms with E-state index in [-0.39, 0.29) is 11.4 Å². The zero-order valence-corrected chi connectivity index (χ0v) is 11.8. The number of nitrogens with zero attached hydrogens (tertiary/aromatic N) is 1. The zero-order valence-electron chi connectivity index (χ0n) is 11.8. The van der Waals surface area contributed by atoms with E-state index >= 15 is 0 Å². The summed E-state index contributed by atoms with van der Waals surface area (Å²) in [6.07, 6.45) is 5.89. The van der Waals surface area contributed by atoms with Crippen LogP contribution in [0.15, 0.2) is 18.3 Å². The molecule has 0 aliphatic heterocycles. The van der Waals surface area contributed by atoms with Gasteiger partial charge in [0.25, 0.3) is 5.91 Å². The first-order valence-corrected chi connectivity index (χ1v) is 7.00. The SMILES string of the molecule is Cc1ncccc1C(=O)NC1(CN)CCC(C)CC1. The Morgan fingerprint density at radius 3 is 2.79 bits per heavy atom. The number of aromatic nitrogens is 1. The molecule has 1 aromatic heterocycles. The minimum absolute atomic E-state index is 0.0504. The summed E-state index contributed by atoms with van der Waals surface area (Å²) in [7, 11) is 0. The monoisotopic (exact) mass is 261 g/mol. The van der Waals surface area contributed by atoms with Crippen LogP contribution in [-0.4, -0.2) is 23.0 Å². The average molecular weight is 261 g/mol. The molecule has 0 saturated heterocycles. The van der Waals surface area contributed by atoms with Gasteiger partial charge < -0.3 is 11.1 Å². The van der Waals surface area contributed by atoms with Gasteiger partial charge in [0.05, 0.1) is 11.1 Å². The Hall–Kier alpha value is -1.42. The Labute approximate surface area is 114 Å². The third kappa shape index (κ3) is 3.13. The van der Waals surface area contributed by atoms with Crippen LogP contribution >= 0.6 is 0 Å². The molecular weight excluding hydrogens is 238 g/mol. The van der Waals surface area contributed by atoms with Gasteiger partial charge in [-0.25, -0.2) is 0 Å². The van der Waals surface area contributed by atoms with Crippen molar-refractivity contribution < 1.29 is 4.79 Å². The fourth-order valence-corrected chi connectivity index (χ4v) is 2.73. The van der Waals surface area contributed by atoms with Crippen LogP contribution < -0.4 is 11.1 Å². The fourth-order valence-electron chi connectivity index (χ4n) is 2.73. The van der Waals surface area contributed by atoms with Crippen molar-refractivity contribution in [2.24, 2.45) is 11.7 Å². The average Bonchev–Trinajstić information content (AvgIpc) is 2.42. The summed E-state index contributed by atoms with van der Waals surface area (Å²) in [5.74, 6) is 0.683. The quantitative estimate of drug-likeness (QED) is 0.874. The van der Waals surface area contributed by atoms with Crippen molar-refractivity contribution >= 4 is 5.91 Å². The van der Waals surface area contributed by atoms with Gasteiger partial charge in [-0.2, -0.15) is 0 Å². The van der Waals surface area contributed by atoms with E-state index < -0.39 is 0 Å². The molecule has 0 bridgehead atoms. The molecule has 1 saturated carbocycles. The molecule has 4 heteroatoms. The van der Waals surface area contributed by atoms with Crippen LogP contribution in [0.3, 0.4) is 0 Å². The second-order valence-electron chi connectivity index (χ2n) is 5.76. The standard InChI is InChI=1S/C15H23N3O/c1-11-5-7-15(10-16,8-6-11)18-14(19)13-4-3-9-17-12(13)2/h3-4,9,11H,5-8,10,16H2,1-2H3,(H,18,19). The Balaban J connectivity index is 2.11. The van der Waals surface area contributed by atoms with Crippen molar-refractivity contribution in [1.29, 1.82) is 0 Å². The molecule has 0 aromatic carbocycles. The fraction of sp³-hybridized carbons (Fsp3) is 0.600. The molecule has 0 radical (unpaired) electrons. The lowest BCUT2D eigenvalue weighted by molar-refractivity contribution is 0.0859. The molecule has 1 amide bonds. The van der Waals surface area contributed by atoms with Gasteiger partial charge in [0.2, 0.25) is 0 Å². The van der Waals surface area contributed by atoms with E-state index in [9.17, 15) is 4.79 Å². The number of nitrogens with one attached hydrogen (secondary N) is 1. The molecule has 1 aliphatic rings. The van der Waals surface area contributed by atoms with E-state index in [1.165, 1.54) is 0 Å². The smallest absolute Gasteiger partial charge is 0.253 e.